The van der Waals surface area contributed by atoms with Crippen LogP contribution < -0.4 is 0 Å². The molecule has 0 aliphatic carbocycles. The molecule has 5 nitrogen and oxygen atoms in total. The number of benzene rings is 2. The van der Waals surface area contributed by atoms with Crippen LogP contribution in [0, 0.1) is 6.92 Å². The first-order chi connectivity index (χ1) is 12.2. The maximum atomic E-state index is 6.33. The van der Waals surface area contributed by atoms with Gasteiger partial charge >= 0.3 is 0 Å². The Balaban J connectivity index is 1.67. The summed E-state index contributed by atoms with van der Waals surface area (Å²) in [7, 11) is 0. The van der Waals surface area contributed by atoms with E-state index >= 15 is 0 Å². The molecule has 0 saturated carbocycles. The van der Waals surface area contributed by atoms with Crippen molar-refractivity contribution in [1.29, 1.82) is 0 Å². The van der Waals surface area contributed by atoms with Crippen LogP contribution in [0.1, 0.15) is 17.1 Å². The van der Waals surface area contributed by atoms with Crippen molar-refractivity contribution >= 4 is 33.7 Å². The number of hydrogen-bond acceptors (Lipinski definition) is 5. The minimum Gasteiger partial charge on any atom is -0.333 e. The van der Waals surface area contributed by atoms with Gasteiger partial charge in [0.2, 0.25) is 5.82 Å². The molecule has 0 amide bonds. The van der Waals surface area contributed by atoms with E-state index in [2.05, 4.69) is 20.1 Å². The summed E-state index contributed by atoms with van der Waals surface area (Å²) < 4.78 is 5.29. The average molecular weight is 349 g/mol. The fourth-order valence-corrected chi connectivity index (χ4v) is 2.67. The van der Waals surface area contributed by atoms with E-state index in [4.69, 9.17) is 16.1 Å². The van der Waals surface area contributed by atoms with Gasteiger partial charge < -0.3 is 4.52 Å². The van der Waals surface area contributed by atoms with Gasteiger partial charge in [0, 0.05) is 5.56 Å². The second kappa shape index (κ2) is 6.45. The molecule has 0 spiro atoms. The lowest BCUT2D eigenvalue weighted by molar-refractivity contribution is 0.410. The van der Waals surface area contributed by atoms with Crippen LogP contribution in [-0.2, 0) is 0 Å². The second-order valence-corrected chi connectivity index (χ2v) is 5.92. The Labute approximate surface area is 149 Å². The molecule has 2 aromatic carbocycles. The zero-order valence-electron chi connectivity index (χ0n) is 13.3. The minimum atomic E-state index is 0.245. The maximum absolute atomic E-state index is 6.33. The molecule has 0 N–H and O–H groups in total. The van der Waals surface area contributed by atoms with Gasteiger partial charge in [0.25, 0.3) is 5.89 Å². The predicted octanol–water partition coefficient (Wildman–Crippen LogP) is 4.73. The lowest BCUT2D eigenvalue weighted by atomic mass is 10.1. The lowest BCUT2D eigenvalue weighted by Gasteiger charge is -1.98. The lowest BCUT2D eigenvalue weighted by Crippen LogP contribution is -1.88. The Kier molecular flexibility index (Phi) is 3.99. The highest BCUT2D eigenvalue weighted by Crippen LogP contribution is 2.25. The molecule has 0 aliphatic heterocycles. The molecule has 0 atom stereocenters. The van der Waals surface area contributed by atoms with E-state index in [9.17, 15) is 0 Å². The minimum absolute atomic E-state index is 0.245. The number of halogens is 1. The summed E-state index contributed by atoms with van der Waals surface area (Å²) in [6.07, 6.45) is 3.32. The number of aryl methyl sites for hydroxylation is 1. The summed E-state index contributed by atoms with van der Waals surface area (Å²) in [4.78, 5) is 13.2. The van der Waals surface area contributed by atoms with Crippen LogP contribution in [0.5, 0.6) is 0 Å². The SMILES string of the molecule is Cc1ccccc1-c1noc(/C(Cl)=C/c2cnc3ccccc3n2)n1. The second-order valence-electron chi connectivity index (χ2n) is 5.51. The maximum Gasteiger partial charge on any atom is 0.269 e. The summed E-state index contributed by atoms with van der Waals surface area (Å²) in [5.41, 5.74) is 4.23. The van der Waals surface area contributed by atoms with E-state index < -0.39 is 0 Å². The van der Waals surface area contributed by atoms with E-state index in [-0.39, 0.29) is 5.89 Å². The molecule has 4 aromatic rings. The van der Waals surface area contributed by atoms with Crippen LogP contribution in [0.25, 0.3) is 33.5 Å². The Hall–Kier alpha value is -3.05. The topological polar surface area (TPSA) is 64.7 Å². The number of aromatic nitrogens is 4. The molecule has 6 heteroatoms. The molecular formula is C19H13ClN4O. The van der Waals surface area contributed by atoms with Crippen molar-refractivity contribution in [3.05, 3.63) is 71.9 Å². The van der Waals surface area contributed by atoms with Crippen LogP contribution in [0.2, 0.25) is 0 Å². The highest BCUT2D eigenvalue weighted by molar-refractivity contribution is 6.50. The van der Waals surface area contributed by atoms with Gasteiger partial charge in [0.05, 0.1) is 22.9 Å². The molecule has 0 aliphatic rings. The van der Waals surface area contributed by atoms with Crippen molar-refractivity contribution < 1.29 is 4.52 Å². The van der Waals surface area contributed by atoms with Crippen molar-refractivity contribution in [2.24, 2.45) is 0 Å². The summed E-state index contributed by atoms with van der Waals surface area (Å²) in [5.74, 6) is 0.749. The predicted molar refractivity (Wildman–Crippen MR) is 97.7 cm³/mol. The first kappa shape index (κ1) is 15.5. The zero-order valence-corrected chi connectivity index (χ0v) is 14.1. The Morgan fingerprint density at radius 3 is 2.60 bits per heavy atom. The third-order valence-electron chi connectivity index (χ3n) is 3.76. The van der Waals surface area contributed by atoms with E-state index in [1.165, 1.54) is 0 Å². The van der Waals surface area contributed by atoms with Gasteiger partial charge in [0.1, 0.15) is 5.03 Å². The molecule has 0 bridgehead atoms. The molecule has 0 fully saturated rings. The smallest absolute Gasteiger partial charge is 0.269 e. The van der Waals surface area contributed by atoms with E-state index in [0.29, 0.717) is 16.6 Å². The monoisotopic (exact) mass is 348 g/mol. The van der Waals surface area contributed by atoms with Crippen molar-refractivity contribution in [2.45, 2.75) is 6.92 Å². The first-order valence-electron chi connectivity index (χ1n) is 7.70. The van der Waals surface area contributed by atoms with E-state index in [0.717, 1.165) is 22.2 Å². The number of hydrogen-bond donors (Lipinski definition) is 0. The molecule has 2 aromatic heterocycles. The first-order valence-corrected chi connectivity index (χ1v) is 8.07. The molecule has 0 unspecified atom stereocenters. The van der Waals surface area contributed by atoms with Gasteiger partial charge in [-0.1, -0.05) is 53.2 Å². The van der Waals surface area contributed by atoms with Crippen molar-refractivity contribution in [2.75, 3.05) is 0 Å². The third kappa shape index (κ3) is 3.14. The molecular weight excluding hydrogens is 336 g/mol. The largest absolute Gasteiger partial charge is 0.333 e. The van der Waals surface area contributed by atoms with Crippen LogP contribution in [0.3, 0.4) is 0 Å². The van der Waals surface area contributed by atoms with Crippen LogP contribution in [-0.4, -0.2) is 20.1 Å². The third-order valence-corrected chi connectivity index (χ3v) is 4.03. The van der Waals surface area contributed by atoms with Gasteiger partial charge in [-0.15, -0.1) is 0 Å². The zero-order chi connectivity index (χ0) is 17.2. The fourth-order valence-electron chi connectivity index (χ4n) is 2.49. The Morgan fingerprint density at radius 1 is 1.00 bits per heavy atom. The number of para-hydroxylation sites is 2. The molecule has 0 radical (unpaired) electrons. The van der Waals surface area contributed by atoms with Gasteiger partial charge in [-0.2, -0.15) is 4.98 Å². The average Bonchev–Trinajstić information content (AvgIpc) is 3.12. The summed E-state index contributed by atoms with van der Waals surface area (Å²) in [5, 5.41) is 4.33. The standard InChI is InChI=1S/C19H13ClN4O/c1-12-6-2-3-7-14(12)18-23-19(25-24-18)15(20)10-13-11-21-16-8-4-5-9-17(16)22-13/h2-11H,1H3/b15-10-. The number of fused-ring (bicyclic) bond motifs is 1. The van der Waals surface area contributed by atoms with Gasteiger partial charge in [-0.25, -0.2) is 4.98 Å². The van der Waals surface area contributed by atoms with E-state index in [1.54, 1.807) is 12.3 Å². The van der Waals surface area contributed by atoms with Crippen molar-refractivity contribution in [3.63, 3.8) is 0 Å². The van der Waals surface area contributed by atoms with Crippen molar-refractivity contribution in [3.8, 4) is 11.4 Å². The fraction of sp³-hybridized carbons (Fsp3) is 0.0526. The number of nitrogens with zero attached hydrogens (tertiary/aromatic N) is 4. The molecule has 4 rings (SSSR count). The summed E-state index contributed by atoms with van der Waals surface area (Å²) in [6.45, 7) is 1.99. The van der Waals surface area contributed by atoms with Crippen LogP contribution in [0.15, 0.2) is 59.3 Å². The highest BCUT2D eigenvalue weighted by Gasteiger charge is 2.13. The molecule has 25 heavy (non-hydrogen) atoms. The highest BCUT2D eigenvalue weighted by atomic mass is 35.5. The molecule has 0 saturated heterocycles. The molecule has 2 heterocycles. The summed E-state index contributed by atoms with van der Waals surface area (Å²) in [6, 6.07) is 15.5. The van der Waals surface area contributed by atoms with Gasteiger partial charge in [0.15, 0.2) is 0 Å². The van der Waals surface area contributed by atoms with Gasteiger partial charge in [-0.3, -0.25) is 4.98 Å². The quantitative estimate of drug-likeness (QED) is 0.535. The van der Waals surface area contributed by atoms with Crippen molar-refractivity contribution in [1.82, 2.24) is 20.1 Å². The van der Waals surface area contributed by atoms with Gasteiger partial charge in [-0.05, 0) is 30.7 Å². The Bertz CT molecular complexity index is 1090. The van der Waals surface area contributed by atoms with Crippen LogP contribution in [0.4, 0.5) is 0 Å². The van der Waals surface area contributed by atoms with Crippen LogP contribution >= 0.6 is 11.6 Å². The van der Waals surface area contributed by atoms with E-state index in [1.807, 2.05) is 55.5 Å². The molecule has 122 valence electrons. The Morgan fingerprint density at radius 2 is 1.76 bits per heavy atom. The summed E-state index contributed by atoms with van der Waals surface area (Å²) >= 11 is 6.33. The number of rotatable bonds is 3. The normalized spacial score (nSPS) is 11.8.